The molecule has 0 spiro atoms. The first-order chi connectivity index (χ1) is 11.4. The van der Waals surface area contributed by atoms with Gasteiger partial charge >= 0.3 is 0 Å². The molecule has 1 aliphatic heterocycles. The van der Waals surface area contributed by atoms with Crippen LogP contribution in [0.3, 0.4) is 0 Å². The summed E-state index contributed by atoms with van der Waals surface area (Å²) in [6, 6.07) is 6.54. The van der Waals surface area contributed by atoms with Gasteiger partial charge in [-0.2, -0.15) is 0 Å². The fraction of sp³-hybridized carbons (Fsp3) is 0.235. The molecule has 0 saturated heterocycles. The zero-order valence-corrected chi connectivity index (χ0v) is 12.9. The zero-order valence-electron chi connectivity index (χ0n) is 12.9. The lowest BCUT2D eigenvalue weighted by Crippen LogP contribution is -2.36. The van der Waals surface area contributed by atoms with Gasteiger partial charge in [0.25, 0.3) is 11.6 Å². The Kier molecular flexibility index (Phi) is 4.01. The van der Waals surface area contributed by atoms with E-state index in [1.54, 1.807) is 19.1 Å². The monoisotopic (exact) mass is 332 g/mol. The van der Waals surface area contributed by atoms with Crippen molar-refractivity contribution in [3.63, 3.8) is 0 Å². The van der Waals surface area contributed by atoms with E-state index in [4.69, 9.17) is 0 Å². The number of rotatable bonds is 2. The van der Waals surface area contributed by atoms with Crippen molar-refractivity contribution in [3.05, 3.63) is 68.8 Å². The van der Waals surface area contributed by atoms with Crippen LogP contribution in [0, 0.1) is 28.7 Å². The molecule has 7 heteroatoms. The first-order valence-electron chi connectivity index (χ1n) is 7.44. The number of para-hydroxylation sites is 1. The van der Waals surface area contributed by atoms with Crippen molar-refractivity contribution < 1.29 is 18.5 Å². The molecule has 24 heavy (non-hydrogen) atoms. The predicted octanol–water partition coefficient (Wildman–Crippen LogP) is 3.77. The Morgan fingerprint density at radius 2 is 1.96 bits per heavy atom. The van der Waals surface area contributed by atoms with Crippen LogP contribution in [0.25, 0.3) is 0 Å². The highest BCUT2D eigenvalue weighted by Gasteiger charge is 2.30. The van der Waals surface area contributed by atoms with Crippen molar-refractivity contribution in [3.8, 4) is 0 Å². The van der Waals surface area contributed by atoms with Crippen molar-refractivity contribution >= 4 is 17.3 Å². The van der Waals surface area contributed by atoms with E-state index in [0.717, 1.165) is 12.1 Å². The van der Waals surface area contributed by atoms with Crippen LogP contribution < -0.4 is 4.90 Å². The first-order valence-corrected chi connectivity index (χ1v) is 7.44. The van der Waals surface area contributed by atoms with Gasteiger partial charge in [0.2, 0.25) is 0 Å². The van der Waals surface area contributed by atoms with Crippen LogP contribution in [0.4, 0.5) is 20.2 Å². The second kappa shape index (κ2) is 5.99. The molecule has 0 bridgehead atoms. The smallest absolute Gasteiger partial charge is 0.285 e. The number of benzene rings is 2. The number of carbonyl (C=O) groups excluding carboxylic acids is 1. The summed E-state index contributed by atoms with van der Waals surface area (Å²) in [6.45, 7) is 1.84. The Labute approximate surface area is 136 Å². The van der Waals surface area contributed by atoms with Crippen molar-refractivity contribution in [2.75, 3.05) is 11.4 Å². The average Bonchev–Trinajstić information content (AvgIpc) is 2.54. The SMILES string of the molecule is Cc1cccc(C(=O)N2CCCc3cc(F)c(F)cc32)c1[N+](=O)[O-]. The summed E-state index contributed by atoms with van der Waals surface area (Å²) in [7, 11) is 0. The van der Waals surface area contributed by atoms with E-state index in [0.29, 0.717) is 30.5 Å². The Morgan fingerprint density at radius 3 is 2.67 bits per heavy atom. The number of nitrogens with zero attached hydrogens (tertiary/aromatic N) is 2. The summed E-state index contributed by atoms with van der Waals surface area (Å²) in [4.78, 5) is 24.8. The predicted molar refractivity (Wildman–Crippen MR) is 84.2 cm³/mol. The number of hydrogen-bond donors (Lipinski definition) is 0. The fourth-order valence-corrected chi connectivity index (χ4v) is 3.01. The zero-order chi connectivity index (χ0) is 17.4. The van der Waals surface area contributed by atoms with E-state index in [1.165, 1.54) is 11.0 Å². The Morgan fingerprint density at radius 1 is 1.25 bits per heavy atom. The topological polar surface area (TPSA) is 63.5 Å². The molecule has 3 rings (SSSR count). The van der Waals surface area contributed by atoms with Gasteiger partial charge in [-0.3, -0.25) is 14.9 Å². The quantitative estimate of drug-likeness (QED) is 0.621. The van der Waals surface area contributed by atoms with Crippen LogP contribution in [0.1, 0.15) is 27.9 Å². The van der Waals surface area contributed by atoms with Crippen LogP contribution >= 0.6 is 0 Å². The fourth-order valence-electron chi connectivity index (χ4n) is 3.01. The van der Waals surface area contributed by atoms with Crippen LogP contribution in [0.5, 0.6) is 0 Å². The van der Waals surface area contributed by atoms with Gasteiger partial charge in [-0.05, 0) is 37.5 Å². The lowest BCUT2D eigenvalue weighted by atomic mass is 9.99. The summed E-state index contributed by atoms with van der Waals surface area (Å²) in [5.74, 6) is -2.60. The largest absolute Gasteiger partial charge is 0.308 e. The van der Waals surface area contributed by atoms with Gasteiger partial charge in [-0.1, -0.05) is 12.1 Å². The number of hydrogen-bond acceptors (Lipinski definition) is 3. The van der Waals surface area contributed by atoms with E-state index in [-0.39, 0.29) is 16.9 Å². The Bertz CT molecular complexity index is 852. The third kappa shape index (κ3) is 2.62. The molecule has 0 radical (unpaired) electrons. The minimum absolute atomic E-state index is 0.0578. The van der Waals surface area contributed by atoms with E-state index in [9.17, 15) is 23.7 Å². The van der Waals surface area contributed by atoms with Gasteiger partial charge in [0.05, 0.1) is 10.6 Å². The van der Waals surface area contributed by atoms with Crippen LogP contribution in [0.15, 0.2) is 30.3 Å². The molecule has 0 fully saturated rings. The summed E-state index contributed by atoms with van der Waals surface area (Å²) in [5, 5.41) is 11.3. The number of carbonyl (C=O) groups is 1. The van der Waals surface area contributed by atoms with E-state index >= 15 is 0 Å². The van der Waals surface area contributed by atoms with Crippen molar-refractivity contribution in [2.45, 2.75) is 19.8 Å². The van der Waals surface area contributed by atoms with Crippen molar-refractivity contribution in [2.24, 2.45) is 0 Å². The minimum Gasteiger partial charge on any atom is -0.308 e. The summed E-state index contributed by atoms with van der Waals surface area (Å²) >= 11 is 0. The van der Waals surface area contributed by atoms with E-state index in [1.807, 2.05) is 0 Å². The molecule has 2 aromatic rings. The van der Waals surface area contributed by atoms with Crippen LogP contribution in [-0.4, -0.2) is 17.4 Å². The van der Waals surface area contributed by atoms with Crippen LogP contribution in [-0.2, 0) is 6.42 Å². The number of anilines is 1. The summed E-state index contributed by atoms with van der Waals surface area (Å²) < 4.78 is 27.0. The molecule has 0 aromatic heterocycles. The number of amides is 1. The number of fused-ring (bicyclic) bond motifs is 1. The lowest BCUT2D eigenvalue weighted by Gasteiger charge is -2.29. The Hall–Kier alpha value is -2.83. The summed E-state index contributed by atoms with van der Waals surface area (Å²) in [5.41, 5.74) is 0.827. The highest BCUT2D eigenvalue weighted by atomic mass is 19.2. The first kappa shape index (κ1) is 16.0. The molecule has 0 atom stereocenters. The number of aryl methyl sites for hydroxylation is 2. The highest BCUT2D eigenvalue weighted by molar-refractivity contribution is 6.09. The average molecular weight is 332 g/mol. The van der Waals surface area contributed by atoms with Gasteiger partial charge in [-0.25, -0.2) is 8.78 Å². The molecule has 2 aromatic carbocycles. The molecule has 0 N–H and O–H groups in total. The molecule has 0 aliphatic carbocycles. The van der Waals surface area contributed by atoms with Crippen molar-refractivity contribution in [1.82, 2.24) is 0 Å². The number of halogens is 2. The second-order valence-electron chi connectivity index (χ2n) is 5.68. The van der Waals surface area contributed by atoms with Crippen molar-refractivity contribution in [1.29, 1.82) is 0 Å². The number of nitro groups is 1. The molecular weight excluding hydrogens is 318 g/mol. The van der Waals surface area contributed by atoms with Gasteiger partial charge < -0.3 is 4.90 Å². The lowest BCUT2D eigenvalue weighted by molar-refractivity contribution is -0.385. The molecule has 5 nitrogen and oxygen atoms in total. The number of nitro benzene ring substituents is 1. The molecule has 1 amide bonds. The molecule has 0 unspecified atom stereocenters. The maximum absolute atomic E-state index is 13.6. The molecule has 1 aliphatic rings. The highest BCUT2D eigenvalue weighted by Crippen LogP contribution is 2.32. The minimum atomic E-state index is -1.05. The maximum atomic E-state index is 13.6. The third-order valence-corrected chi connectivity index (χ3v) is 4.14. The normalized spacial score (nSPS) is 13.5. The standard InChI is InChI=1S/C17H14F2N2O3/c1-10-4-2-6-12(16(10)21(23)24)17(22)20-7-3-5-11-8-13(18)14(19)9-15(11)20/h2,4,6,8-9H,3,5,7H2,1H3. The van der Waals surface area contributed by atoms with E-state index < -0.39 is 22.5 Å². The third-order valence-electron chi connectivity index (χ3n) is 4.14. The van der Waals surface area contributed by atoms with Crippen LogP contribution in [0.2, 0.25) is 0 Å². The molecule has 124 valence electrons. The Balaban J connectivity index is 2.10. The van der Waals surface area contributed by atoms with E-state index in [2.05, 4.69) is 0 Å². The molecule has 0 saturated carbocycles. The molecule has 1 heterocycles. The second-order valence-corrected chi connectivity index (χ2v) is 5.68. The van der Waals surface area contributed by atoms with Gasteiger partial charge in [0.15, 0.2) is 11.6 Å². The summed E-state index contributed by atoms with van der Waals surface area (Å²) in [6.07, 6.45) is 1.09. The molecular formula is C17H14F2N2O3. The van der Waals surface area contributed by atoms with Gasteiger partial charge in [-0.15, -0.1) is 0 Å². The maximum Gasteiger partial charge on any atom is 0.285 e. The van der Waals surface area contributed by atoms with Gasteiger partial charge in [0, 0.05) is 18.2 Å². The van der Waals surface area contributed by atoms with Gasteiger partial charge in [0.1, 0.15) is 5.56 Å².